The molecule has 0 aliphatic carbocycles. The number of amides is 3. The van der Waals surface area contributed by atoms with Crippen molar-refractivity contribution in [2.24, 2.45) is 17.3 Å². The van der Waals surface area contributed by atoms with Crippen LogP contribution in [0, 0.1) is 17.3 Å². The van der Waals surface area contributed by atoms with Crippen molar-refractivity contribution in [3.8, 4) is 0 Å². The predicted molar refractivity (Wildman–Crippen MR) is 155 cm³/mol. The summed E-state index contributed by atoms with van der Waals surface area (Å²) in [6, 6.07) is 6.45. The van der Waals surface area contributed by atoms with Crippen molar-refractivity contribution in [1.29, 1.82) is 0 Å². The molecule has 0 bridgehead atoms. The molecular formula is C30H45N5O6. The number of fused-ring (bicyclic) bond motifs is 1. The summed E-state index contributed by atoms with van der Waals surface area (Å²) in [5, 5.41) is 20.0. The van der Waals surface area contributed by atoms with Gasteiger partial charge in [0.15, 0.2) is 5.82 Å². The summed E-state index contributed by atoms with van der Waals surface area (Å²) in [4.78, 5) is 50.6. The van der Waals surface area contributed by atoms with E-state index in [9.17, 15) is 24.6 Å². The van der Waals surface area contributed by atoms with Crippen molar-refractivity contribution < 1.29 is 29.3 Å². The molecule has 1 aromatic carbocycles. The maximum absolute atomic E-state index is 14.6. The topological polar surface area (TPSA) is 128 Å². The van der Waals surface area contributed by atoms with E-state index in [2.05, 4.69) is 0 Å². The molecule has 2 aliphatic rings. The normalized spacial score (nSPS) is 21.9. The number of carboxylic acid groups (broad SMARTS) is 1. The monoisotopic (exact) mass is 571 g/mol. The number of hydrogen-bond acceptors (Lipinski definition) is 6. The molecule has 1 unspecified atom stereocenters. The van der Waals surface area contributed by atoms with Crippen molar-refractivity contribution >= 4 is 28.9 Å². The third-order valence-corrected chi connectivity index (χ3v) is 8.06. The van der Waals surface area contributed by atoms with Crippen LogP contribution in [0.25, 0.3) is 11.0 Å². The molecule has 2 saturated heterocycles. The second kappa shape index (κ2) is 12.8. The number of aromatic nitrogens is 2. The van der Waals surface area contributed by atoms with Crippen LogP contribution in [0.3, 0.4) is 0 Å². The highest BCUT2D eigenvalue weighted by atomic mass is 16.5. The zero-order chi connectivity index (χ0) is 29.9. The summed E-state index contributed by atoms with van der Waals surface area (Å²) in [5.74, 6) is -0.621. The maximum Gasteiger partial charge on any atom is 0.407 e. The van der Waals surface area contributed by atoms with Crippen LogP contribution in [-0.2, 0) is 16.1 Å². The van der Waals surface area contributed by atoms with Crippen LogP contribution in [0.15, 0.2) is 24.3 Å². The molecule has 11 heteroatoms. The minimum atomic E-state index is -1.10. The Morgan fingerprint density at radius 1 is 1.15 bits per heavy atom. The number of carbonyl (C=O) groups excluding carboxylic acids is 2. The lowest BCUT2D eigenvalue weighted by atomic mass is 9.74. The van der Waals surface area contributed by atoms with Gasteiger partial charge in [0.05, 0.1) is 42.2 Å². The molecule has 2 aromatic rings. The quantitative estimate of drug-likeness (QED) is 0.498. The third kappa shape index (κ3) is 6.67. The van der Waals surface area contributed by atoms with Crippen molar-refractivity contribution in [1.82, 2.24) is 24.3 Å². The smallest absolute Gasteiger partial charge is 0.407 e. The van der Waals surface area contributed by atoms with E-state index in [0.29, 0.717) is 57.8 Å². The standard InChI is InChI=1S/C30H45N5O6/c1-20(2)18-34(28(38)26-31-22-9-6-7-10-23(22)33(26)11-8-14-36)24-17-21(27(37)32-12-15-41-16-13-32)19-35(29(39)40)25(24)30(3,4)5/h6-7,9-10,20-21,24-25,36H,8,11-19H2,1-5H3,(H,39,40)/t21-,24+,25?/m1/s1. The largest absolute Gasteiger partial charge is 0.465 e. The van der Waals surface area contributed by atoms with Gasteiger partial charge in [-0.2, -0.15) is 0 Å². The molecule has 1 aromatic heterocycles. The van der Waals surface area contributed by atoms with E-state index >= 15 is 0 Å². The number of aliphatic hydroxyl groups is 1. The number of imidazole rings is 1. The van der Waals surface area contributed by atoms with Crippen molar-refractivity contribution in [2.45, 2.75) is 66.1 Å². The molecular weight excluding hydrogens is 526 g/mol. The molecule has 226 valence electrons. The van der Waals surface area contributed by atoms with Gasteiger partial charge in [-0.1, -0.05) is 46.8 Å². The van der Waals surface area contributed by atoms with Crippen LogP contribution in [-0.4, -0.2) is 110 Å². The fraction of sp³-hybridized carbons (Fsp3) is 0.667. The van der Waals surface area contributed by atoms with E-state index in [1.54, 1.807) is 9.80 Å². The highest BCUT2D eigenvalue weighted by molar-refractivity contribution is 5.95. The molecule has 2 N–H and O–H groups in total. The Bertz CT molecular complexity index is 1230. The number of aryl methyl sites for hydroxylation is 1. The Kier molecular flexibility index (Phi) is 9.59. The molecule has 11 nitrogen and oxygen atoms in total. The maximum atomic E-state index is 14.6. The summed E-state index contributed by atoms with van der Waals surface area (Å²) >= 11 is 0. The number of hydrogen-bond donors (Lipinski definition) is 2. The lowest BCUT2D eigenvalue weighted by molar-refractivity contribution is -0.144. The molecule has 2 aliphatic heterocycles. The number of para-hydroxylation sites is 2. The molecule has 0 radical (unpaired) electrons. The van der Waals surface area contributed by atoms with Crippen LogP contribution in [0.4, 0.5) is 4.79 Å². The number of carbonyl (C=O) groups is 3. The Morgan fingerprint density at radius 3 is 2.44 bits per heavy atom. The Hall–Kier alpha value is -3.18. The van der Waals surface area contributed by atoms with E-state index in [4.69, 9.17) is 9.72 Å². The zero-order valence-corrected chi connectivity index (χ0v) is 25.0. The first-order valence-corrected chi connectivity index (χ1v) is 14.7. The van der Waals surface area contributed by atoms with Crippen LogP contribution in [0.1, 0.15) is 58.1 Å². The van der Waals surface area contributed by atoms with Crippen LogP contribution in [0.5, 0.6) is 0 Å². The van der Waals surface area contributed by atoms with Gasteiger partial charge < -0.3 is 34.2 Å². The molecule has 41 heavy (non-hydrogen) atoms. The first-order chi connectivity index (χ1) is 19.4. The summed E-state index contributed by atoms with van der Waals surface area (Å²) in [6.45, 7) is 12.7. The van der Waals surface area contributed by atoms with Crippen molar-refractivity contribution in [2.75, 3.05) is 46.0 Å². The predicted octanol–water partition coefficient (Wildman–Crippen LogP) is 3.16. The molecule has 3 amide bonds. The number of ether oxygens (including phenoxy) is 1. The highest BCUT2D eigenvalue weighted by Gasteiger charge is 2.50. The highest BCUT2D eigenvalue weighted by Crippen LogP contribution is 2.38. The van der Waals surface area contributed by atoms with Gasteiger partial charge in [0, 0.05) is 39.3 Å². The minimum absolute atomic E-state index is 0.0243. The number of likely N-dealkylation sites (tertiary alicyclic amines) is 1. The number of aliphatic hydroxyl groups excluding tert-OH is 1. The first kappa shape index (κ1) is 30.8. The molecule has 0 spiro atoms. The fourth-order valence-corrected chi connectivity index (χ4v) is 6.40. The van der Waals surface area contributed by atoms with Crippen LogP contribution >= 0.6 is 0 Å². The number of rotatable bonds is 8. The van der Waals surface area contributed by atoms with E-state index in [1.807, 2.05) is 63.5 Å². The zero-order valence-electron chi connectivity index (χ0n) is 25.0. The van der Waals surface area contributed by atoms with E-state index < -0.39 is 29.5 Å². The number of morpholine rings is 1. The summed E-state index contributed by atoms with van der Waals surface area (Å²) in [5.41, 5.74) is 0.974. The van der Waals surface area contributed by atoms with Gasteiger partial charge in [0.2, 0.25) is 5.91 Å². The lowest BCUT2D eigenvalue weighted by Crippen LogP contribution is -2.66. The number of nitrogens with zero attached hydrogens (tertiary/aromatic N) is 5. The molecule has 3 heterocycles. The summed E-state index contributed by atoms with van der Waals surface area (Å²) in [7, 11) is 0. The lowest BCUT2D eigenvalue weighted by Gasteiger charge is -2.52. The average Bonchev–Trinajstić information content (AvgIpc) is 3.31. The average molecular weight is 572 g/mol. The van der Waals surface area contributed by atoms with Crippen molar-refractivity contribution in [3.05, 3.63) is 30.1 Å². The number of benzene rings is 1. The first-order valence-electron chi connectivity index (χ1n) is 14.7. The molecule has 2 fully saturated rings. The van der Waals surface area contributed by atoms with Gasteiger partial charge in [0.25, 0.3) is 5.91 Å². The Morgan fingerprint density at radius 2 is 1.83 bits per heavy atom. The summed E-state index contributed by atoms with van der Waals surface area (Å²) in [6.07, 6.45) is -0.277. The van der Waals surface area contributed by atoms with Gasteiger partial charge in [-0.3, -0.25) is 9.59 Å². The number of piperidine rings is 1. The van der Waals surface area contributed by atoms with Crippen LogP contribution < -0.4 is 0 Å². The van der Waals surface area contributed by atoms with Gasteiger partial charge >= 0.3 is 6.09 Å². The van der Waals surface area contributed by atoms with E-state index in [-0.39, 0.29) is 36.7 Å². The van der Waals surface area contributed by atoms with Crippen molar-refractivity contribution in [3.63, 3.8) is 0 Å². The Balaban J connectivity index is 1.80. The molecule has 3 atom stereocenters. The second-order valence-electron chi connectivity index (χ2n) is 12.7. The van der Waals surface area contributed by atoms with Gasteiger partial charge in [-0.05, 0) is 36.3 Å². The SMILES string of the molecule is CC(C)CN(C(=O)c1nc2ccccc2n1CCCO)[C@H]1C[C@@H](C(=O)N2CCOCC2)CN(C(=O)O)C1C(C)(C)C. The second-order valence-corrected chi connectivity index (χ2v) is 12.7. The van der Waals surface area contributed by atoms with Gasteiger partial charge in [-0.15, -0.1) is 0 Å². The molecule has 4 rings (SSSR count). The fourth-order valence-electron chi connectivity index (χ4n) is 6.40. The van der Waals surface area contributed by atoms with Gasteiger partial charge in [0.1, 0.15) is 0 Å². The molecule has 0 saturated carbocycles. The van der Waals surface area contributed by atoms with Crippen LogP contribution in [0.2, 0.25) is 0 Å². The van der Waals surface area contributed by atoms with E-state index in [1.165, 1.54) is 4.90 Å². The minimum Gasteiger partial charge on any atom is -0.465 e. The van der Waals surface area contributed by atoms with Gasteiger partial charge in [-0.25, -0.2) is 9.78 Å². The third-order valence-electron chi connectivity index (χ3n) is 8.06. The Labute approximate surface area is 242 Å². The van der Waals surface area contributed by atoms with E-state index in [0.717, 1.165) is 5.52 Å². The summed E-state index contributed by atoms with van der Waals surface area (Å²) < 4.78 is 7.28.